The highest BCUT2D eigenvalue weighted by atomic mass is 16.5. The van der Waals surface area contributed by atoms with E-state index in [-0.39, 0.29) is 18.2 Å². The predicted molar refractivity (Wildman–Crippen MR) is 98.4 cm³/mol. The quantitative estimate of drug-likeness (QED) is 0.845. The molecule has 1 aromatic carbocycles. The summed E-state index contributed by atoms with van der Waals surface area (Å²) in [5.41, 5.74) is 0.384. The van der Waals surface area contributed by atoms with Gasteiger partial charge in [0.25, 0.3) is 0 Å². The van der Waals surface area contributed by atoms with Gasteiger partial charge in [0.1, 0.15) is 5.75 Å². The first-order valence-electron chi connectivity index (χ1n) is 9.27. The monoisotopic (exact) mass is 374 g/mol. The van der Waals surface area contributed by atoms with Crippen LogP contribution in [0.4, 0.5) is 0 Å². The summed E-state index contributed by atoms with van der Waals surface area (Å²) in [5, 5.41) is 9.52. The SMILES string of the molecule is COc1cccc(CCC(=O)N2CCC3(CC2)C(C(=O)O)CC(=O)N3C)c1. The summed E-state index contributed by atoms with van der Waals surface area (Å²) in [7, 11) is 3.30. The average Bonchev–Trinajstić information content (AvgIpc) is 2.92. The molecule has 146 valence electrons. The van der Waals surface area contributed by atoms with E-state index in [9.17, 15) is 19.5 Å². The molecule has 0 aliphatic carbocycles. The van der Waals surface area contributed by atoms with Crippen molar-refractivity contribution in [3.05, 3.63) is 29.8 Å². The number of carboxylic acids is 1. The molecule has 2 saturated heterocycles. The molecule has 2 heterocycles. The average molecular weight is 374 g/mol. The lowest BCUT2D eigenvalue weighted by atomic mass is 9.77. The van der Waals surface area contributed by atoms with Crippen molar-refractivity contribution in [2.75, 3.05) is 27.2 Å². The highest BCUT2D eigenvalue weighted by molar-refractivity contribution is 5.88. The van der Waals surface area contributed by atoms with Crippen LogP contribution in [0.2, 0.25) is 0 Å². The molecule has 2 amide bonds. The maximum Gasteiger partial charge on any atom is 0.309 e. The van der Waals surface area contributed by atoms with Crippen LogP contribution in [0.25, 0.3) is 0 Å². The molecule has 27 heavy (non-hydrogen) atoms. The zero-order valence-electron chi connectivity index (χ0n) is 15.8. The number of likely N-dealkylation sites (tertiary alicyclic amines) is 2. The van der Waals surface area contributed by atoms with E-state index in [0.717, 1.165) is 11.3 Å². The van der Waals surface area contributed by atoms with Gasteiger partial charge in [-0.1, -0.05) is 12.1 Å². The third-order valence-electron chi connectivity index (χ3n) is 6.11. The van der Waals surface area contributed by atoms with Crippen LogP contribution < -0.4 is 4.74 Å². The summed E-state index contributed by atoms with van der Waals surface area (Å²) in [6.07, 6.45) is 2.11. The fourth-order valence-electron chi connectivity index (χ4n) is 4.37. The van der Waals surface area contributed by atoms with Crippen LogP contribution in [-0.2, 0) is 20.8 Å². The molecular formula is C20H26N2O5. The molecule has 0 radical (unpaired) electrons. The smallest absolute Gasteiger partial charge is 0.309 e. The second kappa shape index (κ2) is 7.58. The first kappa shape index (κ1) is 19.2. The number of carbonyl (C=O) groups excluding carboxylic acids is 2. The molecule has 2 aliphatic rings. The van der Waals surface area contributed by atoms with Crippen LogP contribution in [0, 0.1) is 5.92 Å². The van der Waals surface area contributed by atoms with Gasteiger partial charge in [0.2, 0.25) is 11.8 Å². The van der Waals surface area contributed by atoms with Gasteiger partial charge < -0.3 is 19.6 Å². The molecule has 0 saturated carbocycles. The lowest BCUT2D eigenvalue weighted by Gasteiger charge is -2.45. The second-order valence-corrected chi connectivity index (χ2v) is 7.38. The molecule has 1 aromatic rings. The van der Waals surface area contributed by atoms with E-state index in [0.29, 0.717) is 38.8 Å². The predicted octanol–water partition coefficient (Wildman–Crippen LogP) is 1.55. The molecule has 0 bridgehead atoms. The molecule has 2 aliphatic heterocycles. The lowest BCUT2D eigenvalue weighted by molar-refractivity contribution is -0.147. The molecule has 1 unspecified atom stereocenters. The molecular weight excluding hydrogens is 348 g/mol. The minimum atomic E-state index is -0.925. The number of carbonyl (C=O) groups is 3. The number of hydrogen-bond acceptors (Lipinski definition) is 4. The van der Waals surface area contributed by atoms with Crippen molar-refractivity contribution in [3.63, 3.8) is 0 Å². The Morgan fingerprint density at radius 3 is 2.63 bits per heavy atom. The minimum absolute atomic E-state index is 0.0512. The molecule has 1 atom stereocenters. The Morgan fingerprint density at radius 1 is 1.30 bits per heavy atom. The highest BCUT2D eigenvalue weighted by Crippen LogP contribution is 2.42. The topological polar surface area (TPSA) is 87.1 Å². The summed E-state index contributed by atoms with van der Waals surface area (Å²) in [5.74, 6) is -0.908. The number of aliphatic carboxylic acids is 1. The fraction of sp³-hybridized carbons (Fsp3) is 0.550. The molecule has 1 spiro atoms. The summed E-state index contributed by atoms with van der Waals surface area (Å²) in [4.78, 5) is 39.7. The van der Waals surface area contributed by atoms with Gasteiger partial charge in [0.15, 0.2) is 0 Å². The van der Waals surface area contributed by atoms with E-state index < -0.39 is 17.4 Å². The third-order valence-corrected chi connectivity index (χ3v) is 6.11. The summed E-state index contributed by atoms with van der Waals surface area (Å²) in [6, 6.07) is 7.67. The van der Waals surface area contributed by atoms with E-state index in [2.05, 4.69) is 0 Å². The lowest BCUT2D eigenvalue weighted by Crippen LogP contribution is -2.57. The van der Waals surface area contributed by atoms with E-state index in [4.69, 9.17) is 4.74 Å². The van der Waals surface area contributed by atoms with Crippen molar-refractivity contribution in [3.8, 4) is 5.75 Å². The van der Waals surface area contributed by atoms with Crippen molar-refractivity contribution in [1.29, 1.82) is 0 Å². The number of rotatable bonds is 5. The number of ether oxygens (including phenoxy) is 1. The van der Waals surface area contributed by atoms with Crippen LogP contribution in [0.1, 0.15) is 31.2 Å². The maximum absolute atomic E-state index is 12.6. The van der Waals surface area contributed by atoms with Crippen molar-refractivity contribution in [2.24, 2.45) is 5.92 Å². The van der Waals surface area contributed by atoms with E-state index >= 15 is 0 Å². The van der Waals surface area contributed by atoms with Gasteiger partial charge in [-0.2, -0.15) is 0 Å². The molecule has 1 N–H and O–H groups in total. The number of amides is 2. The largest absolute Gasteiger partial charge is 0.497 e. The number of aryl methyl sites for hydroxylation is 1. The molecule has 7 heteroatoms. The maximum atomic E-state index is 12.6. The van der Waals surface area contributed by atoms with Gasteiger partial charge in [-0.15, -0.1) is 0 Å². The van der Waals surface area contributed by atoms with Crippen molar-refractivity contribution < 1.29 is 24.2 Å². The molecule has 0 aromatic heterocycles. The van der Waals surface area contributed by atoms with Crippen LogP contribution >= 0.6 is 0 Å². The number of piperidine rings is 1. The first-order valence-corrected chi connectivity index (χ1v) is 9.27. The Balaban J connectivity index is 1.59. The van der Waals surface area contributed by atoms with Crippen molar-refractivity contribution >= 4 is 17.8 Å². The van der Waals surface area contributed by atoms with Gasteiger partial charge >= 0.3 is 5.97 Å². The standard InChI is InChI=1S/C20H26N2O5/c1-21-18(24)13-16(19(25)26)20(21)8-10-22(11-9-20)17(23)7-6-14-4-3-5-15(12-14)27-2/h3-5,12,16H,6-11,13H2,1-2H3,(H,25,26). The van der Waals surface area contributed by atoms with Gasteiger partial charge in [-0.25, -0.2) is 0 Å². The van der Waals surface area contributed by atoms with Crippen molar-refractivity contribution in [1.82, 2.24) is 9.80 Å². The zero-order valence-corrected chi connectivity index (χ0v) is 15.8. The van der Waals surface area contributed by atoms with Gasteiger partial charge in [0, 0.05) is 33.0 Å². The van der Waals surface area contributed by atoms with E-state index in [1.165, 1.54) is 0 Å². The normalized spacial score (nSPS) is 21.6. The zero-order chi connectivity index (χ0) is 19.6. The minimum Gasteiger partial charge on any atom is -0.497 e. The molecule has 2 fully saturated rings. The molecule has 3 rings (SSSR count). The second-order valence-electron chi connectivity index (χ2n) is 7.38. The fourth-order valence-corrected chi connectivity index (χ4v) is 4.37. The van der Waals surface area contributed by atoms with Gasteiger partial charge in [-0.05, 0) is 37.0 Å². The number of carboxylic acid groups (broad SMARTS) is 1. The van der Waals surface area contributed by atoms with Crippen LogP contribution in [0.5, 0.6) is 5.75 Å². The van der Waals surface area contributed by atoms with Crippen LogP contribution in [-0.4, -0.2) is 65.5 Å². The van der Waals surface area contributed by atoms with Crippen LogP contribution in [0.3, 0.4) is 0 Å². The number of nitrogens with zero attached hydrogens (tertiary/aromatic N) is 2. The van der Waals surface area contributed by atoms with Crippen LogP contribution in [0.15, 0.2) is 24.3 Å². The number of hydrogen-bond donors (Lipinski definition) is 1. The van der Waals surface area contributed by atoms with E-state index in [1.807, 2.05) is 24.3 Å². The van der Waals surface area contributed by atoms with Gasteiger partial charge in [0.05, 0.1) is 18.6 Å². The Morgan fingerprint density at radius 2 is 2.00 bits per heavy atom. The Bertz CT molecular complexity index is 740. The Labute approximate surface area is 158 Å². The Kier molecular flexibility index (Phi) is 5.39. The first-order chi connectivity index (χ1) is 12.9. The van der Waals surface area contributed by atoms with Gasteiger partial charge in [-0.3, -0.25) is 14.4 Å². The van der Waals surface area contributed by atoms with E-state index in [1.54, 1.807) is 24.0 Å². The Hall–Kier alpha value is -2.57. The molecule has 7 nitrogen and oxygen atoms in total. The number of benzene rings is 1. The third kappa shape index (κ3) is 3.63. The van der Waals surface area contributed by atoms with Crippen molar-refractivity contribution in [2.45, 2.75) is 37.6 Å². The summed E-state index contributed by atoms with van der Waals surface area (Å²) < 4.78 is 5.20. The summed E-state index contributed by atoms with van der Waals surface area (Å²) >= 11 is 0. The number of methoxy groups -OCH3 is 1. The summed E-state index contributed by atoms with van der Waals surface area (Å²) in [6.45, 7) is 0.969. The highest BCUT2D eigenvalue weighted by Gasteiger charge is 2.55.